The van der Waals surface area contributed by atoms with Gasteiger partial charge in [0.1, 0.15) is 6.04 Å². The Labute approximate surface area is 171 Å². The smallest absolute Gasteiger partial charge is 0.255 e. The zero-order valence-electron chi connectivity index (χ0n) is 17.0. The fraction of sp³-hybridized carbons (Fsp3) is 0.455. The number of carbonyl (C=O) groups excluding carboxylic acids is 2. The van der Waals surface area contributed by atoms with E-state index in [4.69, 9.17) is 0 Å². The summed E-state index contributed by atoms with van der Waals surface area (Å²) in [6.07, 6.45) is 4.30. The van der Waals surface area contributed by atoms with Crippen molar-refractivity contribution in [2.24, 2.45) is 5.92 Å². The average molecular weight is 393 g/mol. The molecule has 0 radical (unpaired) electrons. The number of aromatic nitrogens is 2. The number of rotatable bonds is 5. The SMILES string of the molecule is CCC(C)C(C(=O)N1CCN(c2ncccn2)CC1)N1Cc2ccccc2C1=O. The lowest BCUT2D eigenvalue weighted by Gasteiger charge is -2.39. The third-order valence-corrected chi connectivity index (χ3v) is 6.05. The lowest BCUT2D eigenvalue weighted by Crippen LogP contribution is -2.57. The summed E-state index contributed by atoms with van der Waals surface area (Å²) >= 11 is 0. The van der Waals surface area contributed by atoms with E-state index in [1.54, 1.807) is 23.4 Å². The van der Waals surface area contributed by atoms with Crippen LogP contribution in [0.2, 0.25) is 0 Å². The van der Waals surface area contributed by atoms with Gasteiger partial charge >= 0.3 is 0 Å². The summed E-state index contributed by atoms with van der Waals surface area (Å²) in [7, 11) is 0. The highest BCUT2D eigenvalue weighted by atomic mass is 16.2. The summed E-state index contributed by atoms with van der Waals surface area (Å²) in [6.45, 7) is 7.25. The molecular weight excluding hydrogens is 366 g/mol. The first kappa shape index (κ1) is 19.4. The third-order valence-electron chi connectivity index (χ3n) is 6.05. The van der Waals surface area contributed by atoms with Crippen LogP contribution in [0.3, 0.4) is 0 Å². The van der Waals surface area contributed by atoms with Crippen LogP contribution in [0.4, 0.5) is 5.95 Å². The largest absolute Gasteiger partial charge is 0.337 e. The Morgan fingerprint density at radius 3 is 2.41 bits per heavy atom. The van der Waals surface area contributed by atoms with Gasteiger partial charge in [-0.2, -0.15) is 0 Å². The molecule has 2 unspecified atom stereocenters. The van der Waals surface area contributed by atoms with Crippen LogP contribution in [0.5, 0.6) is 0 Å². The van der Waals surface area contributed by atoms with Gasteiger partial charge in [-0.05, 0) is 23.6 Å². The van der Waals surface area contributed by atoms with E-state index in [9.17, 15) is 9.59 Å². The molecule has 7 nitrogen and oxygen atoms in total. The van der Waals surface area contributed by atoms with Crippen molar-refractivity contribution in [3.8, 4) is 0 Å². The van der Waals surface area contributed by atoms with Crippen LogP contribution in [-0.2, 0) is 11.3 Å². The summed E-state index contributed by atoms with van der Waals surface area (Å²) in [5.74, 6) is 0.809. The number of benzene rings is 1. The zero-order valence-corrected chi connectivity index (χ0v) is 17.0. The maximum Gasteiger partial charge on any atom is 0.255 e. The van der Waals surface area contributed by atoms with Crippen LogP contribution in [0, 0.1) is 5.92 Å². The number of piperazine rings is 1. The van der Waals surface area contributed by atoms with Crippen molar-refractivity contribution in [3.63, 3.8) is 0 Å². The summed E-state index contributed by atoms with van der Waals surface area (Å²) in [6, 6.07) is 9.02. The number of hydrogen-bond acceptors (Lipinski definition) is 5. The van der Waals surface area contributed by atoms with Crippen molar-refractivity contribution in [1.29, 1.82) is 0 Å². The first-order valence-corrected chi connectivity index (χ1v) is 10.3. The third kappa shape index (κ3) is 3.69. The Morgan fingerprint density at radius 1 is 1.07 bits per heavy atom. The number of amides is 2. The Bertz CT molecular complexity index is 880. The Balaban J connectivity index is 1.49. The predicted molar refractivity (Wildman–Crippen MR) is 110 cm³/mol. The van der Waals surface area contributed by atoms with E-state index in [0.717, 1.165) is 17.5 Å². The number of fused-ring (bicyclic) bond motifs is 1. The lowest BCUT2D eigenvalue weighted by atomic mass is 9.96. The standard InChI is InChI=1S/C22H27N5O2/c1-3-16(2)19(27-15-17-7-4-5-8-18(17)20(27)28)21(29)25-11-13-26(14-12-25)22-23-9-6-10-24-22/h4-10,16,19H,3,11-15H2,1-2H3. The quantitative estimate of drug-likeness (QED) is 0.779. The van der Waals surface area contributed by atoms with Gasteiger partial charge < -0.3 is 14.7 Å². The molecule has 0 bridgehead atoms. The van der Waals surface area contributed by atoms with Gasteiger partial charge in [-0.15, -0.1) is 0 Å². The maximum atomic E-state index is 13.5. The van der Waals surface area contributed by atoms with Crippen LogP contribution in [0.15, 0.2) is 42.7 Å². The van der Waals surface area contributed by atoms with Crippen LogP contribution < -0.4 is 4.90 Å². The predicted octanol–water partition coefficient (Wildman–Crippen LogP) is 2.20. The van der Waals surface area contributed by atoms with Crippen molar-refractivity contribution in [1.82, 2.24) is 19.8 Å². The highest BCUT2D eigenvalue weighted by Gasteiger charge is 2.41. The highest BCUT2D eigenvalue weighted by molar-refractivity contribution is 6.01. The lowest BCUT2D eigenvalue weighted by molar-refractivity contribution is -0.138. The van der Waals surface area contributed by atoms with E-state index in [1.807, 2.05) is 29.2 Å². The molecule has 0 saturated carbocycles. The number of carbonyl (C=O) groups is 2. The second kappa shape index (κ2) is 8.19. The van der Waals surface area contributed by atoms with E-state index in [0.29, 0.717) is 38.7 Å². The fourth-order valence-electron chi connectivity index (χ4n) is 4.18. The highest BCUT2D eigenvalue weighted by Crippen LogP contribution is 2.29. The molecule has 0 N–H and O–H groups in total. The van der Waals surface area contributed by atoms with Crippen molar-refractivity contribution in [3.05, 3.63) is 53.9 Å². The molecule has 1 saturated heterocycles. The number of hydrogen-bond donors (Lipinski definition) is 0. The molecule has 1 aromatic heterocycles. The first-order chi connectivity index (χ1) is 14.1. The molecule has 1 aromatic carbocycles. The molecule has 3 heterocycles. The Hall–Kier alpha value is -2.96. The average Bonchev–Trinajstić information content (AvgIpc) is 3.10. The molecule has 2 aromatic rings. The molecule has 7 heteroatoms. The van der Waals surface area contributed by atoms with Crippen LogP contribution in [0.25, 0.3) is 0 Å². The van der Waals surface area contributed by atoms with E-state index in [-0.39, 0.29) is 17.7 Å². The molecule has 0 aliphatic carbocycles. The number of anilines is 1. The fourth-order valence-corrected chi connectivity index (χ4v) is 4.18. The van der Waals surface area contributed by atoms with Gasteiger partial charge in [0, 0.05) is 50.7 Å². The van der Waals surface area contributed by atoms with E-state index in [2.05, 4.69) is 28.7 Å². The van der Waals surface area contributed by atoms with Gasteiger partial charge in [0.05, 0.1) is 0 Å². The number of nitrogens with zero attached hydrogens (tertiary/aromatic N) is 5. The second-order valence-corrected chi connectivity index (χ2v) is 7.78. The minimum atomic E-state index is -0.431. The van der Waals surface area contributed by atoms with Gasteiger partial charge in [0.15, 0.2) is 0 Å². The van der Waals surface area contributed by atoms with Gasteiger partial charge in [0.2, 0.25) is 11.9 Å². The molecule has 4 rings (SSSR count). The summed E-state index contributed by atoms with van der Waals surface area (Å²) in [5.41, 5.74) is 1.73. The normalized spacial score (nSPS) is 18.6. The Kier molecular flexibility index (Phi) is 5.47. The van der Waals surface area contributed by atoms with Crippen molar-refractivity contribution < 1.29 is 9.59 Å². The summed E-state index contributed by atoms with van der Waals surface area (Å²) in [4.78, 5) is 40.9. The molecule has 1 fully saturated rings. The van der Waals surface area contributed by atoms with Crippen molar-refractivity contribution >= 4 is 17.8 Å². The Morgan fingerprint density at radius 2 is 1.76 bits per heavy atom. The van der Waals surface area contributed by atoms with E-state index in [1.165, 1.54) is 0 Å². The van der Waals surface area contributed by atoms with Crippen molar-refractivity contribution in [2.45, 2.75) is 32.9 Å². The maximum absolute atomic E-state index is 13.5. The minimum Gasteiger partial charge on any atom is -0.337 e. The molecule has 2 aliphatic heterocycles. The zero-order chi connectivity index (χ0) is 20.4. The topological polar surface area (TPSA) is 69.6 Å². The van der Waals surface area contributed by atoms with Crippen molar-refractivity contribution in [2.75, 3.05) is 31.1 Å². The molecule has 0 spiro atoms. The van der Waals surface area contributed by atoms with Crippen LogP contribution in [-0.4, -0.2) is 63.8 Å². The van der Waals surface area contributed by atoms with Gasteiger partial charge in [0.25, 0.3) is 5.91 Å². The molecule has 2 atom stereocenters. The van der Waals surface area contributed by atoms with Gasteiger partial charge in [-0.25, -0.2) is 9.97 Å². The molecule has 29 heavy (non-hydrogen) atoms. The second-order valence-electron chi connectivity index (χ2n) is 7.78. The monoisotopic (exact) mass is 393 g/mol. The van der Waals surface area contributed by atoms with E-state index >= 15 is 0 Å². The molecule has 152 valence electrons. The molecular formula is C22H27N5O2. The molecule has 2 aliphatic rings. The van der Waals surface area contributed by atoms with Gasteiger partial charge in [-0.1, -0.05) is 38.5 Å². The summed E-state index contributed by atoms with van der Waals surface area (Å²) < 4.78 is 0. The van der Waals surface area contributed by atoms with Gasteiger partial charge in [-0.3, -0.25) is 9.59 Å². The summed E-state index contributed by atoms with van der Waals surface area (Å²) in [5, 5.41) is 0. The van der Waals surface area contributed by atoms with E-state index < -0.39 is 6.04 Å². The minimum absolute atomic E-state index is 0.0319. The molecule has 2 amide bonds. The first-order valence-electron chi connectivity index (χ1n) is 10.3. The van der Waals surface area contributed by atoms with Crippen LogP contribution in [0.1, 0.15) is 36.2 Å². The van der Waals surface area contributed by atoms with Crippen LogP contribution >= 0.6 is 0 Å².